The Kier molecular flexibility index (Phi) is 4.49. The first-order valence-corrected chi connectivity index (χ1v) is 9.01. The second-order valence-corrected chi connectivity index (χ2v) is 6.98. The molecule has 0 saturated carbocycles. The third-order valence-electron chi connectivity index (χ3n) is 4.47. The van der Waals surface area contributed by atoms with E-state index >= 15 is 0 Å². The largest absolute Gasteiger partial charge is 0.470 e. The van der Waals surface area contributed by atoms with E-state index in [-0.39, 0.29) is 0 Å². The predicted molar refractivity (Wildman–Crippen MR) is 104 cm³/mol. The quantitative estimate of drug-likeness (QED) is 0.542. The van der Waals surface area contributed by atoms with Crippen LogP contribution < -0.4 is 4.74 Å². The molecule has 0 bridgehead atoms. The van der Waals surface area contributed by atoms with Crippen molar-refractivity contribution < 1.29 is 4.74 Å². The number of hydrogen-bond acceptors (Lipinski definition) is 5. The molecule has 7 nitrogen and oxygen atoms in total. The topological polar surface area (TPSA) is 81.5 Å². The second kappa shape index (κ2) is 6.83. The lowest BCUT2D eigenvalue weighted by Crippen LogP contribution is -2.06. The fourth-order valence-electron chi connectivity index (χ4n) is 2.92. The van der Waals surface area contributed by atoms with Gasteiger partial charge in [0.15, 0.2) is 0 Å². The molecule has 4 aromatic rings. The summed E-state index contributed by atoms with van der Waals surface area (Å²) in [6, 6.07) is 3.66. The molecule has 0 spiro atoms. The van der Waals surface area contributed by atoms with Crippen LogP contribution >= 0.6 is 23.2 Å². The zero-order valence-corrected chi connectivity index (χ0v) is 16.4. The molecule has 9 heteroatoms. The molecule has 0 aliphatic carbocycles. The van der Waals surface area contributed by atoms with Gasteiger partial charge in [-0.3, -0.25) is 14.8 Å². The minimum atomic E-state index is -0.395. The fourth-order valence-corrected chi connectivity index (χ4v) is 3.59. The molecule has 0 aromatic carbocycles. The van der Waals surface area contributed by atoms with Gasteiger partial charge < -0.3 is 4.74 Å². The van der Waals surface area contributed by atoms with Gasteiger partial charge in [-0.2, -0.15) is 10.2 Å². The number of nitrogens with zero attached hydrogens (tertiary/aromatic N) is 5. The number of rotatable bonds is 4. The van der Waals surface area contributed by atoms with Gasteiger partial charge in [-0.1, -0.05) is 23.2 Å². The van der Waals surface area contributed by atoms with Gasteiger partial charge in [0.2, 0.25) is 5.88 Å². The molecule has 4 rings (SSSR count). The Morgan fingerprint density at radius 1 is 1.15 bits per heavy atom. The van der Waals surface area contributed by atoms with Crippen LogP contribution in [0.25, 0.3) is 22.3 Å². The van der Waals surface area contributed by atoms with Crippen LogP contribution in [0.5, 0.6) is 5.88 Å². The van der Waals surface area contributed by atoms with E-state index in [0.29, 0.717) is 27.0 Å². The van der Waals surface area contributed by atoms with E-state index < -0.39 is 6.10 Å². The van der Waals surface area contributed by atoms with Crippen molar-refractivity contribution >= 4 is 34.2 Å². The number of aromatic nitrogens is 6. The second-order valence-electron chi connectivity index (χ2n) is 6.16. The highest BCUT2D eigenvalue weighted by atomic mass is 35.5. The summed E-state index contributed by atoms with van der Waals surface area (Å²) < 4.78 is 7.79. The lowest BCUT2D eigenvalue weighted by Gasteiger charge is -2.16. The number of aryl methyl sites for hydroxylation is 1. The van der Waals surface area contributed by atoms with E-state index in [1.165, 1.54) is 0 Å². The summed E-state index contributed by atoms with van der Waals surface area (Å²) in [5.41, 5.74) is 4.84. The zero-order valence-electron chi connectivity index (χ0n) is 14.9. The van der Waals surface area contributed by atoms with Gasteiger partial charge in [0.05, 0.1) is 21.8 Å². The molecule has 0 radical (unpaired) electrons. The number of fused-ring (bicyclic) bond motifs is 1. The van der Waals surface area contributed by atoms with E-state index in [1.807, 2.05) is 27.0 Å². The van der Waals surface area contributed by atoms with E-state index in [9.17, 15) is 0 Å². The summed E-state index contributed by atoms with van der Waals surface area (Å²) in [6.07, 6.45) is 4.46. The SMILES string of the molecule is Cc1c(-c2n[nH]c3ccc(O[C@H](C)c4c(Cl)cncc4Cl)nc23)cnn1C. The highest BCUT2D eigenvalue weighted by Crippen LogP contribution is 2.33. The Morgan fingerprint density at radius 3 is 2.56 bits per heavy atom. The smallest absolute Gasteiger partial charge is 0.214 e. The lowest BCUT2D eigenvalue weighted by atomic mass is 10.1. The highest BCUT2D eigenvalue weighted by molar-refractivity contribution is 6.35. The Morgan fingerprint density at radius 2 is 1.89 bits per heavy atom. The summed E-state index contributed by atoms with van der Waals surface area (Å²) in [4.78, 5) is 8.60. The van der Waals surface area contributed by atoms with Crippen LogP contribution in [0.1, 0.15) is 24.3 Å². The average molecular weight is 403 g/mol. The van der Waals surface area contributed by atoms with Gasteiger partial charge in [-0.15, -0.1) is 0 Å². The van der Waals surface area contributed by atoms with Crippen LogP contribution in [0.2, 0.25) is 10.0 Å². The van der Waals surface area contributed by atoms with Crippen LogP contribution in [-0.4, -0.2) is 29.9 Å². The molecular weight excluding hydrogens is 387 g/mol. The maximum absolute atomic E-state index is 6.22. The molecule has 4 aromatic heterocycles. The van der Waals surface area contributed by atoms with Crippen LogP contribution in [0.15, 0.2) is 30.7 Å². The molecular formula is C18H16Cl2N6O. The number of H-pyrrole nitrogens is 1. The van der Waals surface area contributed by atoms with Crippen molar-refractivity contribution in [2.24, 2.45) is 7.05 Å². The van der Waals surface area contributed by atoms with E-state index in [0.717, 1.165) is 22.5 Å². The molecule has 1 atom stereocenters. The molecule has 138 valence electrons. The molecule has 0 fully saturated rings. The van der Waals surface area contributed by atoms with E-state index in [4.69, 9.17) is 27.9 Å². The summed E-state index contributed by atoms with van der Waals surface area (Å²) in [5.74, 6) is 0.447. The molecule has 1 N–H and O–H groups in total. The first-order valence-electron chi connectivity index (χ1n) is 8.25. The Labute approximate surface area is 165 Å². The number of ether oxygens (including phenoxy) is 1. The van der Waals surface area contributed by atoms with Crippen molar-refractivity contribution in [2.45, 2.75) is 20.0 Å². The Balaban J connectivity index is 1.71. The Bertz CT molecular complexity index is 1120. The van der Waals surface area contributed by atoms with E-state index in [1.54, 1.807) is 29.3 Å². The molecule has 4 heterocycles. The third kappa shape index (κ3) is 3.13. The number of pyridine rings is 2. The third-order valence-corrected chi connectivity index (χ3v) is 5.07. The number of halogens is 2. The molecule has 0 aliphatic rings. The Hall–Kier alpha value is -2.64. The normalized spacial score (nSPS) is 12.5. The van der Waals surface area contributed by atoms with Crippen molar-refractivity contribution in [2.75, 3.05) is 0 Å². The maximum atomic E-state index is 6.22. The van der Waals surface area contributed by atoms with Crippen molar-refractivity contribution in [3.8, 4) is 17.1 Å². The highest BCUT2D eigenvalue weighted by Gasteiger charge is 2.19. The van der Waals surface area contributed by atoms with Crippen molar-refractivity contribution in [1.29, 1.82) is 0 Å². The van der Waals surface area contributed by atoms with Crippen LogP contribution in [0, 0.1) is 6.92 Å². The number of nitrogens with one attached hydrogen (secondary N) is 1. The summed E-state index contributed by atoms with van der Waals surface area (Å²) >= 11 is 12.4. The summed E-state index contributed by atoms with van der Waals surface area (Å²) in [5, 5.41) is 12.6. The van der Waals surface area contributed by atoms with Crippen molar-refractivity contribution in [3.05, 3.63) is 52.0 Å². The standard InChI is InChI=1S/C18H16Cl2N6O/c1-9-11(6-22-26(9)3)17-18-14(24-25-17)4-5-15(23-18)27-10(2)16-12(19)7-21-8-13(16)20/h4-8,10H,1-3H3,(H,24,25)/t10-/m1/s1. The number of hydrogen-bond donors (Lipinski definition) is 1. The fraction of sp³-hybridized carbons (Fsp3) is 0.222. The average Bonchev–Trinajstić information content (AvgIpc) is 3.18. The van der Waals surface area contributed by atoms with Gasteiger partial charge >= 0.3 is 0 Å². The lowest BCUT2D eigenvalue weighted by molar-refractivity contribution is 0.218. The minimum absolute atomic E-state index is 0.395. The van der Waals surface area contributed by atoms with Gasteiger partial charge in [-0.05, 0) is 19.9 Å². The minimum Gasteiger partial charge on any atom is -0.470 e. The molecule has 0 aliphatic heterocycles. The van der Waals surface area contributed by atoms with Crippen molar-refractivity contribution in [3.63, 3.8) is 0 Å². The van der Waals surface area contributed by atoms with Crippen molar-refractivity contribution in [1.82, 2.24) is 29.9 Å². The van der Waals surface area contributed by atoms with Gasteiger partial charge in [0.1, 0.15) is 17.3 Å². The molecule has 27 heavy (non-hydrogen) atoms. The van der Waals surface area contributed by atoms with Gasteiger partial charge in [0.25, 0.3) is 0 Å². The number of aromatic amines is 1. The molecule has 0 unspecified atom stereocenters. The predicted octanol–water partition coefficient (Wildman–Crippen LogP) is 4.51. The van der Waals surface area contributed by atoms with Gasteiger partial charge in [0, 0.05) is 42.3 Å². The monoisotopic (exact) mass is 402 g/mol. The first kappa shape index (κ1) is 17.8. The maximum Gasteiger partial charge on any atom is 0.214 e. The van der Waals surface area contributed by atoms with Crippen LogP contribution in [-0.2, 0) is 7.05 Å². The molecule has 0 amide bonds. The van der Waals surface area contributed by atoms with Crippen LogP contribution in [0.4, 0.5) is 0 Å². The first-order chi connectivity index (χ1) is 13.0. The van der Waals surface area contributed by atoms with E-state index in [2.05, 4.69) is 25.3 Å². The zero-order chi connectivity index (χ0) is 19.1. The molecule has 0 saturated heterocycles. The summed E-state index contributed by atoms with van der Waals surface area (Å²) in [7, 11) is 1.89. The van der Waals surface area contributed by atoms with Crippen LogP contribution in [0.3, 0.4) is 0 Å². The van der Waals surface area contributed by atoms with Gasteiger partial charge in [-0.25, -0.2) is 4.98 Å². The summed E-state index contributed by atoms with van der Waals surface area (Å²) in [6.45, 7) is 3.85.